The number of nitrogens with zero attached hydrogens (tertiary/aromatic N) is 4. The van der Waals surface area contributed by atoms with Gasteiger partial charge < -0.3 is 5.32 Å². The van der Waals surface area contributed by atoms with Crippen LogP contribution in [0.15, 0.2) is 6.07 Å². The lowest BCUT2D eigenvalue weighted by molar-refractivity contribution is 0.643. The van der Waals surface area contributed by atoms with Crippen molar-refractivity contribution in [3.63, 3.8) is 0 Å². The van der Waals surface area contributed by atoms with Crippen LogP contribution in [-0.4, -0.2) is 26.1 Å². The van der Waals surface area contributed by atoms with E-state index < -0.39 is 0 Å². The summed E-state index contributed by atoms with van der Waals surface area (Å²) in [4.78, 5) is 4.35. The summed E-state index contributed by atoms with van der Waals surface area (Å²) in [5.74, 6) is 1.61. The fourth-order valence-electron chi connectivity index (χ4n) is 1.79. The molecular weight excluding hydrogens is 202 g/mol. The molecule has 5 nitrogen and oxygen atoms in total. The third-order valence-corrected chi connectivity index (χ3v) is 2.47. The van der Waals surface area contributed by atoms with E-state index in [1.54, 1.807) is 0 Å². The standard InChI is InChI=1S/C11H17N5/c1-4-5-12-7-10-14-15-11-13-8(2)6-9(3)16(10)11/h6,12H,4-5,7H2,1-3H3. The lowest BCUT2D eigenvalue weighted by Gasteiger charge is -2.04. The fraction of sp³-hybridized carbons (Fsp3) is 0.545. The lowest BCUT2D eigenvalue weighted by Crippen LogP contribution is -2.16. The molecule has 0 unspecified atom stereocenters. The number of fused-ring (bicyclic) bond motifs is 1. The summed E-state index contributed by atoms with van der Waals surface area (Å²) in [6.07, 6.45) is 1.12. The van der Waals surface area contributed by atoms with E-state index in [0.717, 1.165) is 36.7 Å². The third-order valence-electron chi connectivity index (χ3n) is 2.47. The minimum absolute atomic E-state index is 0.686. The normalized spacial score (nSPS) is 11.2. The molecule has 0 aliphatic carbocycles. The summed E-state index contributed by atoms with van der Waals surface area (Å²) >= 11 is 0. The minimum Gasteiger partial charge on any atom is -0.310 e. The average molecular weight is 219 g/mol. The van der Waals surface area contributed by atoms with E-state index in [0.29, 0.717) is 5.78 Å². The lowest BCUT2D eigenvalue weighted by atomic mass is 10.3. The Morgan fingerprint density at radius 3 is 2.88 bits per heavy atom. The molecule has 0 radical (unpaired) electrons. The van der Waals surface area contributed by atoms with Crippen molar-refractivity contribution in [2.45, 2.75) is 33.7 Å². The van der Waals surface area contributed by atoms with Crippen molar-refractivity contribution in [1.82, 2.24) is 24.9 Å². The second kappa shape index (κ2) is 4.57. The van der Waals surface area contributed by atoms with Gasteiger partial charge in [-0.05, 0) is 32.9 Å². The summed E-state index contributed by atoms with van der Waals surface area (Å²) in [7, 11) is 0. The van der Waals surface area contributed by atoms with E-state index in [1.165, 1.54) is 0 Å². The maximum atomic E-state index is 4.35. The maximum Gasteiger partial charge on any atom is 0.255 e. The summed E-state index contributed by atoms with van der Waals surface area (Å²) in [6.45, 7) is 7.89. The molecule has 2 heterocycles. The monoisotopic (exact) mass is 219 g/mol. The Labute approximate surface area is 94.9 Å². The highest BCUT2D eigenvalue weighted by Gasteiger charge is 2.08. The Kier molecular flexibility index (Phi) is 3.14. The molecule has 86 valence electrons. The quantitative estimate of drug-likeness (QED) is 0.786. The van der Waals surface area contributed by atoms with Crippen molar-refractivity contribution < 1.29 is 0 Å². The number of hydrogen-bond donors (Lipinski definition) is 1. The van der Waals surface area contributed by atoms with Gasteiger partial charge in [0.25, 0.3) is 5.78 Å². The topological polar surface area (TPSA) is 55.1 Å². The number of rotatable bonds is 4. The summed E-state index contributed by atoms with van der Waals surface area (Å²) in [6, 6.07) is 2.04. The van der Waals surface area contributed by atoms with Crippen LogP contribution in [-0.2, 0) is 6.54 Å². The van der Waals surface area contributed by atoms with E-state index in [4.69, 9.17) is 0 Å². The summed E-state index contributed by atoms with van der Waals surface area (Å²) < 4.78 is 2.00. The Morgan fingerprint density at radius 1 is 1.31 bits per heavy atom. The summed E-state index contributed by atoms with van der Waals surface area (Å²) in [5.41, 5.74) is 2.10. The predicted molar refractivity (Wildman–Crippen MR) is 62.3 cm³/mol. The minimum atomic E-state index is 0.686. The van der Waals surface area contributed by atoms with Gasteiger partial charge in [0.05, 0.1) is 6.54 Å². The molecule has 0 atom stereocenters. The van der Waals surface area contributed by atoms with Gasteiger partial charge in [-0.25, -0.2) is 4.98 Å². The molecule has 2 aromatic rings. The first-order chi connectivity index (χ1) is 7.72. The molecule has 0 bridgehead atoms. The van der Waals surface area contributed by atoms with Crippen LogP contribution in [0.2, 0.25) is 0 Å². The zero-order chi connectivity index (χ0) is 11.5. The molecule has 0 aliphatic heterocycles. The Hall–Kier alpha value is -1.49. The van der Waals surface area contributed by atoms with Crippen LogP contribution in [0.1, 0.15) is 30.6 Å². The van der Waals surface area contributed by atoms with Crippen LogP contribution in [0.4, 0.5) is 0 Å². The molecule has 0 saturated carbocycles. The van der Waals surface area contributed by atoms with Gasteiger partial charge in [0.1, 0.15) is 0 Å². The number of aromatic nitrogens is 4. The van der Waals surface area contributed by atoms with E-state index in [9.17, 15) is 0 Å². The zero-order valence-electron chi connectivity index (χ0n) is 9.99. The molecular formula is C11H17N5. The highest BCUT2D eigenvalue weighted by Crippen LogP contribution is 2.07. The van der Waals surface area contributed by atoms with Gasteiger partial charge in [-0.15, -0.1) is 10.2 Å². The van der Waals surface area contributed by atoms with Gasteiger partial charge in [0.2, 0.25) is 0 Å². The molecule has 1 N–H and O–H groups in total. The highest BCUT2D eigenvalue weighted by atomic mass is 15.3. The molecule has 16 heavy (non-hydrogen) atoms. The summed E-state index contributed by atoms with van der Waals surface area (Å²) in [5, 5.41) is 11.6. The largest absolute Gasteiger partial charge is 0.310 e. The van der Waals surface area contributed by atoms with Crippen LogP contribution in [0.3, 0.4) is 0 Å². The Bertz CT molecular complexity index is 488. The average Bonchev–Trinajstić information content (AvgIpc) is 2.62. The second-order valence-electron chi connectivity index (χ2n) is 3.97. The third kappa shape index (κ3) is 2.04. The first-order valence-corrected chi connectivity index (χ1v) is 5.61. The van der Waals surface area contributed by atoms with Crippen molar-refractivity contribution in [1.29, 1.82) is 0 Å². The van der Waals surface area contributed by atoms with Crippen molar-refractivity contribution in [3.05, 3.63) is 23.3 Å². The van der Waals surface area contributed by atoms with Crippen molar-refractivity contribution in [2.24, 2.45) is 0 Å². The number of aryl methyl sites for hydroxylation is 2. The SMILES string of the molecule is CCCNCc1nnc2nc(C)cc(C)n12. The molecule has 0 aliphatic rings. The molecule has 0 spiro atoms. The fourth-order valence-corrected chi connectivity index (χ4v) is 1.79. The van der Waals surface area contributed by atoms with Gasteiger partial charge in [-0.3, -0.25) is 4.40 Å². The van der Waals surface area contributed by atoms with Crippen LogP contribution < -0.4 is 5.32 Å². The van der Waals surface area contributed by atoms with Crippen LogP contribution >= 0.6 is 0 Å². The van der Waals surface area contributed by atoms with Gasteiger partial charge in [-0.1, -0.05) is 6.92 Å². The smallest absolute Gasteiger partial charge is 0.255 e. The molecule has 5 heteroatoms. The van der Waals surface area contributed by atoms with E-state index in [1.807, 2.05) is 24.3 Å². The van der Waals surface area contributed by atoms with Crippen molar-refractivity contribution >= 4 is 5.78 Å². The van der Waals surface area contributed by atoms with Gasteiger partial charge in [0, 0.05) is 11.4 Å². The number of hydrogen-bond acceptors (Lipinski definition) is 4. The van der Waals surface area contributed by atoms with E-state index >= 15 is 0 Å². The second-order valence-corrected chi connectivity index (χ2v) is 3.97. The molecule has 0 amide bonds. The number of nitrogens with one attached hydrogen (secondary N) is 1. The van der Waals surface area contributed by atoms with E-state index in [2.05, 4.69) is 27.4 Å². The van der Waals surface area contributed by atoms with Crippen LogP contribution in [0, 0.1) is 13.8 Å². The zero-order valence-corrected chi connectivity index (χ0v) is 9.99. The molecule has 0 fully saturated rings. The molecule has 0 saturated heterocycles. The molecule has 0 aromatic carbocycles. The van der Waals surface area contributed by atoms with Gasteiger partial charge in [-0.2, -0.15) is 0 Å². The van der Waals surface area contributed by atoms with Crippen molar-refractivity contribution in [2.75, 3.05) is 6.54 Å². The van der Waals surface area contributed by atoms with Crippen molar-refractivity contribution in [3.8, 4) is 0 Å². The molecule has 2 rings (SSSR count). The molecule has 2 aromatic heterocycles. The van der Waals surface area contributed by atoms with Crippen LogP contribution in [0.25, 0.3) is 5.78 Å². The maximum absolute atomic E-state index is 4.35. The Morgan fingerprint density at radius 2 is 2.12 bits per heavy atom. The van der Waals surface area contributed by atoms with Gasteiger partial charge >= 0.3 is 0 Å². The van der Waals surface area contributed by atoms with E-state index in [-0.39, 0.29) is 0 Å². The first-order valence-electron chi connectivity index (χ1n) is 5.61. The van der Waals surface area contributed by atoms with Gasteiger partial charge in [0.15, 0.2) is 5.82 Å². The first kappa shape index (κ1) is 11.0. The highest BCUT2D eigenvalue weighted by molar-refractivity contribution is 5.32. The Balaban J connectivity index is 2.33. The van der Waals surface area contributed by atoms with Crippen LogP contribution in [0.5, 0.6) is 0 Å². The predicted octanol–water partition coefficient (Wildman–Crippen LogP) is 1.24.